The number of aryl methyl sites for hydroxylation is 1. The number of ether oxygens (including phenoxy) is 1. The van der Waals surface area contributed by atoms with Crippen LogP contribution in [0.5, 0.6) is 0 Å². The number of aromatic amines is 1. The lowest BCUT2D eigenvalue weighted by atomic mass is 10.2. The number of hydrogen-bond donors (Lipinski definition) is 1. The first-order valence-corrected chi connectivity index (χ1v) is 10.0. The molecule has 0 atom stereocenters. The van der Waals surface area contributed by atoms with Gasteiger partial charge in [-0.1, -0.05) is 66.7 Å². The summed E-state index contributed by atoms with van der Waals surface area (Å²) in [7, 11) is 0. The first-order valence-electron chi connectivity index (χ1n) is 8.80. The number of nitrogens with zero attached hydrogens (tertiary/aromatic N) is 1. The fourth-order valence-electron chi connectivity index (χ4n) is 2.68. The molecule has 1 N–H and O–H groups in total. The van der Waals surface area contributed by atoms with E-state index in [1.54, 1.807) is 0 Å². The van der Waals surface area contributed by atoms with Crippen molar-refractivity contribution >= 4 is 24.0 Å². The summed E-state index contributed by atoms with van der Waals surface area (Å²) in [5.41, 5.74) is 2.91. The van der Waals surface area contributed by atoms with Crippen molar-refractivity contribution in [1.82, 2.24) is 9.55 Å². The summed E-state index contributed by atoms with van der Waals surface area (Å²) in [6, 6.07) is 18.2. The predicted octanol–water partition coefficient (Wildman–Crippen LogP) is 5.10. The van der Waals surface area contributed by atoms with E-state index in [1.165, 1.54) is 17.3 Å². The van der Waals surface area contributed by atoms with Crippen molar-refractivity contribution in [3.8, 4) is 0 Å². The highest BCUT2D eigenvalue weighted by Crippen LogP contribution is 2.29. The molecule has 3 aromatic rings. The van der Waals surface area contributed by atoms with Gasteiger partial charge in [-0.2, -0.15) is 0 Å². The molecule has 0 aliphatic carbocycles. The highest BCUT2D eigenvalue weighted by molar-refractivity contribution is 7.99. The zero-order valence-corrected chi connectivity index (χ0v) is 17.0. The molecule has 0 spiro atoms. The normalized spacial score (nSPS) is 10.9. The number of hydrogen-bond acceptors (Lipinski definition) is 4. The van der Waals surface area contributed by atoms with Crippen LogP contribution in [0.1, 0.15) is 23.6 Å². The van der Waals surface area contributed by atoms with Crippen molar-refractivity contribution < 1.29 is 4.74 Å². The minimum atomic E-state index is -0.129. The Morgan fingerprint density at radius 3 is 2.48 bits per heavy atom. The van der Waals surface area contributed by atoms with Crippen molar-refractivity contribution in [1.29, 1.82) is 0 Å². The van der Waals surface area contributed by atoms with Crippen LogP contribution >= 0.6 is 24.0 Å². The lowest BCUT2D eigenvalue weighted by molar-refractivity contribution is 0.0564. The highest BCUT2D eigenvalue weighted by Gasteiger charge is 2.14. The average molecular weight is 399 g/mol. The molecular formula is C21H22N2O2S2. The Morgan fingerprint density at radius 2 is 1.81 bits per heavy atom. The van der Waals surface area contributed by atoms with Crippen LogP contribution in [-0.2, 0) is 24.5 Å². The number of H-pyrrole nitrogens is 1. The lowest BCUT2D eigenvalue weighted by Gasteiger charge is -2.16. The van der Waals surface area contributed by atoms with Crippen molar-refractivity contribution in [2.24, 2.45) is 0 Å². The summed E-state index contributed by atoms with van der Waals surface area (Å²) < 4.78 is 8.14. The molecule has 3 rings (SSSR count). The van der Waals surface area contributed by atoms with E-state index in [9.17, 15) is 4.79 Å². The predicted molar refractivity (Wildman–Crippen MR) is 112 cm³/mol. The molecule has 6 heteroatoms. The largest absolute Gasteiger partial charge is 0.356 e. The summed E-state index contributed by atoms with van der Waals surface area (Å²) in [6.45, 7) is 4.80. The Kier molecular flexibility index (Phi) is 6.66. The number of benzene rings is 2. The lowest BCUT2D eigenvalue weighted by Crippen LogP contribution is -2.21. The molecule has 0 unspecified atom stereocenters. The van der Waals surface area contributed by atoms with Crippen molar-refractivity contribution in [3.63, 3.8) is 0 Å². The van der Waals surface area contributed by atoms with E-state index in [4.69, 9.17) is 17.0 Å². The van der Waals surface area contributed by atoms with Gasteiger partial charge in [-0.05, 0) is 43.3 Å². The molecule has 1 aromatic heterocycles. The molecule has 4 nitrogen and oxygen atoms in total. The molecule has 0 aliphatic heterocycles. The van der Waals surface area contributed by atoms with Gasteiger partial charge in [0.1, 0.15) is 6.73 Å². The first kappa shape index (κ1) is 19.6. The van der Waals surface area contributed by atoms with E-state index < -0.39 is 0 Å². The maximum absolute atomic E-state index is 12.4. The smallest absolute Gasteiger partial charge is 0.255 e. The molecule has 0 amide bonds. The Bertz CT molecular complexity index is 1010. The van der Waals surface area contributed by atoms with E-state index in [0.29, 0.717) is 17.8 Å². The molecule has 27 heavy (non-hydrogen) atoms. The molecule has 140 valence electrons. The van der Waals surface area contributed by atoms with Gasteiger partial charge in [0.2, 0.25) is 0 Å². The third kappa shape index (κ3) is 4.97. The minimum absolute atomic E-state index is 0.129. The van der Waals surface area contributed by atoms with Crippen LogP contribution < -0.4 is 5.56 Å². The van der Waals surface area contributed by atoms with Gasteiger partial charge in [0, 0.05) is 10.5 Å². The van der Waals surface area contributed by atoms with Gasteiger partial charge in [-0.3, -0.25) is 14.3 Å². The Labute approximate surface area is 168 Å². The van der Waals surface area contributed by atoms with Crippen LogP contribution in [0.15, 0.2) is 69.3 Å². The van der Waals surface area contributed by atoms with Crippen LogP contribution in [0.2, 0.25) is 0 Å². The van der Waals surface area contributed by atoms with Gasteiger partial charge < -0.3 is 4.74 Å². The molecule has 0 radical (unpaired) electrons. The topological polar surface area (TPSA) is 47.0 Å². The van der Waals surface area contributed by atoms with Crippen molar-refractivity contribution in [3.05, 3.63) is 86.4 Å². The molecule has 1 heterocycles. The first-order chi connectivity index (χ1) is 13.1. The van der Waals surface area contributed by atoms with E-state index in [1.807, 2.05) is 41.8 Å². The molecule has 0 saturated heterocycles. The Balaban J connectivity index is 1.87. The second-order valence-electron chi connectivity index (χ2n) is 6.20. The molecular weight excluding hydrogens is 376 g/mol. The zero-order chi connectivity index (χ0) is 19.2. The quantitative estimate of drug-likeness (QED) is 0.444. The maximum atomic E-state index is 12.4. The van der Waals surface area contributed by atoms with Crippen LogP contribution in [0.3, 0.4) is 0 Å². The summed E-state index contributed by atoms with van der Waals surface area (Å²) in [5, 5.41) is 0.835. The molecule has 0 saturated carbocycles. The monoisotopic (exact) mass is 398 g/mol. The van der Waals surface area contributed by atoms with Crippen LogP contribution in [0.25, 0.3) is 0 Å². The van der Waals surface area contributed by atoms with Gasteiger partial charge in [-0.25, -0.2) is 0 Å². The van der Waals surface area contributed by atoms with Gasteiger partial charge in [0.15, 0.2) is 4.77 Å². The van der Waals surface area contributed by atoms with Crippen LogP contribution in [0, 0.1) is 11.7 Å². The number of nitrogens with one attached hydrogen (secondary N) is 1. The Hall–Kier alpha value is -2.15. The van der Waals surface area contributed by atoms with Crippen molar-refractivity contribution in [2.75, 3.05) is 0 Å². The minimum Gasteiger partial charge on any atom is -0.356 e. The average Bonchev–Trinajstić information content (AvgIpc) is 2.66. The third-order valence-electron chi connectivity index (χ3n) is 4.16. The summed E-state index contributed by atoms with van der Waals surface area (Å²) in [6.07, 6.45) is 0.623. The highest BCUT2D eigenvalue weighted by atomic mass is 32.2. The van der Waals surface area contributed by atoms with Gasteiger partial charge in [0.25, 0.3) is 5.56 Å². The van der Waals surface area contributed by atoms with E-state index in [0.717, 1.165) is 21.0 Å². The van der Waals surface area contributed by atoms with E-state index in [-0.39, 0.29) is 12.3 Å². The number of rotatable bonds is 7. The van der Waals surface area contributed by atoms with Crippen LogP contribution in [-0.4, -0.2) is 9.55 Å². The van der Waals surface area contributed by atoms with Crippen LogP contribution in [0.4, 0.5) is 0 Å². The zero-order valence-electron chi connectivity index (χ0n) is 15.4. The molecule has 0 bridgehead atoms. The fourth-order valence-corrected chi connectivity index (χ4v) is 4.10. The summed E-state index contributed by atoms with van der Waals surface area (Å²) in [5.74, 6) is 0. The van der Waals surface area contributed by atoms with E-state index >= 15 is 0 Å². The molecule has 0 aliphatic rings. The number of aromatic nitrogens is 2. The fraction of sp³-hybridized carbons (Fsp3) is 0.238. The SMILES string of the molecule is CCc1c(Sc2ccccc2)n(COCc2ccc(C)cc2)c(=S)[nH]c1=O. The van der Waals surface area contributed by atoms with Gasteiger partial charge in [0.05, 0.1) is 11.6 Å². The maximum Gasteiger partial charge on any atom is 0.255 e. The van der Waals surface area contributed by atoms with Crippen molar-refractivity contribution in [2.45, 2.75) is 43.5 Å². The van der Waals surface area contributed by atoms with E-state index in [2.05, 4.69) is 36.2 Å². The summed E-state index contributed by atoms with van der Waals surface area (Å²) >= 11 is 6.95. The van der Waals surface area contributed by atoms with Gasteiger partial charge >= 0.3 is 0 Å². The summed E-state index contributed by atoms with van der Waals surface area (Å²) in [4.78, 5) is 16.2. The standard InChI is InChI=1S/C21H22N2O2S2/c1-3-18-19(24)22-21(26)23(20(18)27-17-7-5-4-6-8-17)14-25-13-16-11-9-15(2)10-12-16/h4-12H,3,13-14H2,1-2H3,(H,22,24,26). The molecule has 2 aromatic carbocycles. The molecule has 0 fully saturated rings. The second kappa shape index (κ2) is 9.17. The van der Waals surface area contributed by atoms with Gasteiger partial charge in [-0.15, -0.1) is 0 Å². The second-order valence-corrected chi connectivity index (χ2v) is 7.65. The Morgan fingerprint density at radius 1 is 1.11 bits per heavy atom. The third-order valence-corrected chi connectivity index (χ3v) is 5.65.